The van der Waals surface area contributed by atoms with Gasteiger partial charge in [0.2, 0.25) is 5.91 Å². The third-order valence-electron chi connectivity index (χ3n) is 3.20. The minimum absolute atomic E-state index is 0.392. The van der Waals surface area contributed by atoms with Crippen molar-refractivity contribution in [1.82, 2.24) is 4.57 Å². The highest BCUT2D eigenvalue weighted by Crippen LogP contribution is 2.28. The molecule has 1 amide bonds. The molecule has 0 unspecified atom stereocenters. The lowest BCUT2D eigenvalue weighted by Crippen LogP contribution is -2.10. The van der Waals surface area contributed by atoms with E-state index < -0.39 is 5.91 Å². The molecule has 2 aromatic carbocycles. The molecule has 0 bridgehead atoms. The molecule has 1 aromatic heterocycles. The van der Waals surface area contributed by atoms with Crippen molar-refractivity contribution in [3.63, 3.8) is 0 Å². The van der Waals surface area contributed by atoms with E-state index in [0.717, 1.165) is 16.4 Å². The predicted molar refractivity (Wildman–Crippen MR) is 68.9 cm³/mol. The van der Waals surface area contributed by atoms with Crippen molar-refractivity contribution in [1.29, 1.82) is 0 Å². The summed E-state index contributed by atoms with van der Waals surface area (Å²) in [7, 11) is 2.00. The van der Waals surface area contributed by atoms with Gasteiger partial charge in [0, 0.05) is 34.4 Å². The van der Waals surface area contributed by atoms with Crippen LogP contribution in [0.3, 0.4) is 0 Å². The zero-order chi connectivity index (χ0) is 12.0. The van der Waals surface area contributed by atoms with E-state index in [0.29, 0.717) is 5.56 Å². The summed E-state index contributed by atoms with van der Waals surface area (Å²) in [6.07, 6.45) is 0. The van der Waals surface area contributed by atoms with Gasteiger partial charge in [0.1, 0.15) is 0 Å². The Labute approximate surface area is 98.4 Å². The Balaban J connectivity index is 2.49. The maximum Gasteiger partial charge on any atom is 0.248 e. The number of nitrogens with two attached hydrogens (primary N) is 1. The number of carbonyl (C=O) groups excluding carboxylic acids is 1. The van der Waals surface area contributed by atoms with Crippen molar-refractivity contribution >= 4 is 27.7 Å². The topological polar surface area (TPSA) is 48.0 Å². The Morgan fingerprint density at radius 1 is 1.06 bits per heavy atom. The van der Waals surface area contributed by atoms with Crippen LogP contribution < -0.4 is 5.73 Å². The van der Waals surface area contributed by atoms with E-state index in [9.17, 15) is 4.79 Å². The third kappa shape index (κ3) is 1.32. The first-order valence-electron chi connectivity index (χ1n) is 5.45. The molecule has 0 saturated carbocycles. The Hall–Kier alpha value is -2.29. The Morgan fingerprint density at radius 2 is 1.76 bits per heavy atom. The predicted octanol–water partition coefficient (Wildman–Crippen LogP) is 2.43. The molecular formula is C14H12N2O. The molecule has 3 heteroatoms. The summed E-state index contributed by atoms with van der Waals surface area (Å²) in [6, 6.07) is 13.8. The zero-order valence-electron chi connectivity index (χ0n) is 9.47. The van der Waals surface area contributed by atoms with Crippen LogP contribution in [0.5, 0.6) is 0 Å². The van der Waals surface area contributed by atoms with Crippen molar-refractivity contribution in [2.24, 2.45) is 12.8 Å². The van der Waals surface area contributed by atoms with Gasteiger partial charge in [0.25, 0.3) is 0 Å². The molecule has 17 heavy (non-hydrogen) atoms. The van der Waals surface area contributed by atoms with E-state index >= 15 is 0 Å². The molecule has 0 aliphatic carbocycles. The number of para-hydroxylation sites is 1. The van der Waals surface area contributed by atoms with Crippen LogP contribution in [0, 0.1) is 0 Å². The van der Waals surface area contributed by atoms with Crippen molar-refractivity contribution in [3.8, 4) is 0 Å². The summed E-state index contributed by atoms with van der Waals surface area (Å²) in [5, 5.41) is 2.34. The van der Waals surface area contributed by atoms with Crippen LogP contribution >= 0.6 is 0 Å². The van der Waals surface area contributed by atoms with Gasteiger partial charge < -0.3 is 10.3 Å². The lowest BCUT2D eigenvalue weighted by atomic mass is 10.1. The smallest absolute Gasteiger partial charge is 0.248 e. The molecule has 3 aromatic rings. The summed E-state index contributed by atoms with van der Waals surface area (Å²) >= 11 is 0. The maximum atomic E-state index is 11.2. The highest BCUT2D eigenvalue weighted by Gasteiger charge is 2.09. The molecule has 0 atom stereocenters. The van der Waals surface area contributed by atoms with Crippen LogP contribution in [0.1, 0.15) is 10.4 Å². The second kappa shape index (κ2) is 3.35. The van der Waals surface area contributed by atoms with Gasteiger partial charge in [-0.1, -0.05) is 24.3 Å². The van der Waals surface area contributed by atoms with E-state index in [1.807, 2.05) is 31.3 Å². The normalized spacial score (nSPS) is 11.1. The summed E-state index contributed by atoms with van der Waals surface area (Å²) in [5.74, 6) is -0.392. The third-order valence-corrected chi connectivity index (χ3v) is 3.20. The molecule has 3 rings (SSSR count). The average Bonchev–Trinajstić information content (AvgIpc) is 2.64. The molecule has 1 heterocycles. The van der Waals surface area contributed by atoms with Gasteiger partial charge in [-0.3, -0.25) is 4.79 Å². The van der Waals surface area contributed by atoms with Crippen molar-refractivity contribution in [2.45, 2.75) is 0 Å². The number of hydrogen-bond acceptors (Lipinski definition) is 1. The fourth-order valence-electron chi connectivity index (χ4n) is 2.31. The molecule has 84 valence electrons. The minimum Gasteiger partial charge on any atom is -0.366 e. The molecule has 3 nitrogen and oxygen atoms in total. The molecule has 0 aliphatic heterocycles. The van der Waals surface area contributed by atoms with Crippen LogP contribution in [0.25, 0.3) is 21.8 Å². The number of carbonyl (C=O) groups is 1. The highest BCUT2D eigenvalue weighted by molar-refractivity contribution is 6.09. The molecule has 0 spiro atoms. The Kier molecular flexibility index (Phi) is 1.95. The van der Waals surface area contributed by atoms with Crippen molar-refractivity contribution < 1.29 is 4.79 Å². The van der Waals surface area contributed by atoms with Gasteiger partial charge in [-0.05, 0) is 18.2 Å². The lowest BCUT2D eigenvalue weighted by Gasteiger charge is -1.99. The number of primary amides is 1. The van der Waals surface area contributed by atoms with Gasteiger partial charge in [0.05, 0.1) is 0 Å². The van der Waals surface area contributed by atoms with E-state index in [1.54, 1.807) is 6.07 Å². The first-order valence-corrected chi connectivity index (χ1v) is 5.45. The van der Waals surface area contributed by atoms with E-state index in [4.69, 9.17) is 5.73 Å². The SMILES string of the molecule is Cn1c2ccccc2c2ccc(C(N)=O)cc21. The summed E-state index contributed by atoms with van der Waals surface area (Å²) in [4.78, 5) is 11.2. The quantitative estimate of drug-likeness (QED) is 0.678. The largest absolute Gasteiger partial charge is 0.366 e. The fraction of sp³-hybridized carbons (Fsp3) is 0.0714. The highest BCUT2D eigenvalue weighted by atomic mass is 16.1. The van der Waals surface area contributed by atoms with Crippen LogP contribution in [0.2, 0.25) is 0 Å². The number of benzene rings is 2. The lowest BCUT2D eigenvalue weighted by molar-refractivity contribution is 0.100. The van der Waals surface area contributed by atoms with Crippen molar-refractivity contribution in [2.75, 3.05) is 0 Å². The summed E-state index contributed by atoms with van der Waals surface area (Å²) in [5.41, 5.74) is 8.03. The Bertz CT molecular complexity index is 740. The number of nitrogens with zero attached hydrogens (tertiary/aromatic N) is 1. The molecule has 0 aliphatic rings. The van der Waals surface area contributed by atoms with Crippen LogP contribution in [0.4, 0.5) is 0 Å². The number of rotatable bonds is 1. The van der Waals surface area contributed by atoms with E-state index in [1.165, 1.54) is 5.39 Å². The van der Waals surface area contributed by atoms with Gasteiger partial charge in [0.15, 0.2) is 0 Å². The van der Waals surface area contributed by atoms with Gasteiger partial charge in [-0.2, -0.15) is 0 Å². The average molecular weight is 224 g/mol. The van der Waals surface area contributed by atoms with Crippen LogP contribution in [0.15, 0.2) is 42.5 Å². The molecule has 0 radical (unpaired) electrons. The monoisotopic (exact) mass is 224 g/mol. The maximum absolute atomic E-state index is 11.2. The van der Waals surface area contributed by atoms with Crippen LogP contribution in [-0.4, -0.2) is 10.5 Å². The zero-order valence-corrected chi connectivity index (χ0v) is 9.47. The van der Waals surface area contributed by atoms with E-state index in [-0.39, 0.29) is 0 Å². The Morgan fingerprint density at radius 3 is 2.53 bits per heavy atom. The minimum atomic E-state index is -0.392. The number of hydrogen-bond donors (Lipinski definition) is 1. The van der Waals surface area contributed by atoms with Gasteiger partial charge >= 0.3 is 0 Å². The van der Waals surface area contributed by atoms with E-state index in [2.05, 4.69) is 16.7 Å². The molecular weight excluding hydrogens is 212 g/mol. The van der Waals surface area contributed by atoms with Crippen molar-refractivity contribution in [3.05, 3.63) is 48.0 Å². The number of aromatic nitrogens is 1. The van der Waals surface area contributed by atoms with Crippen LogP contribution in [-0.2, 0) is 7.05 Å². The second-order valence-corrected chi connectivity index (χ2v) is 4.17. The molecule has 2 N–H and O–H groups in total. The number of amides is 1. The summed E-state index contributed by atoms with van der Waals surface area (Å²) in [6.45, 7) is 0. The molecule has 0 fully saturated rings. The number of fused-ring (bicyclic) bond motifs is 3. The number of aryl methyl sites for hydroxylation is 1. The fourth-order valence-corrected chi connectivity index (χ4v) is 2.31. The standard InChI is InChI=1S/C14H12N2O/c1-16-12-5-3-2-4-10(12)11-7-6-9(14(15)17)8-13(11)16/h2-8H,1H3,(H2,15,17). The second-order valence-electron chi connectivity index (χ2n) is 4.17. The first-order chi connectivity index (χ1) is 8.18. The van der Waals surface area contributed by atoms with Gasteiger partial charge in [-0.15, -0.1) is 0 Å². The first kappa shape index (κ1) is 9.90. The molecule has 0 saturated heterocycles. The summed E-state index contributed by atoms with van der Waals surface area (Å²) < 4.78 is 2.08. The van der Waals surface area contributed by atoms with Gasteiger partial charge in [-0.25, -0.2) is 0 Å².